The molecule has 144 valence electrons. The lowest BCUT2D eigenvalue weighted by atomic mass is 10.1. The number of nitrogens with one attached hydrogen (secondary N) is 1. The summed E-state index contributed by atoms with van der Waals surface area (Å²) in [4.78, 5) is 31.6. The fraction of sp³-hybridized carbons (Fsp3) is 0.211. The van der Waals surface area contributed by atoms with E-state index in [1.165, 1.54) is 11.9 Å². The highest BCUT2D eigenvalue weighted by Crippen LogP contribution is 2.18. The van der Waals surface area contributed by atoms with Gasteiger partial charge in [0.2, 0.25) is 11.9 Å². The topological polar surface area (TPSA) is 80.4 Å². The molecule has 1 aromatic carbocycles. The van der Waals surface area contributed by atoms with Crippen molar-refractivity contribution in [3.8, 4) is 0 Å². The summed E-state index contributed by atoms with van der Waals surface area (Å²) in [5, 5.41) is 4.19. The second-order valence-corrected chi connectivity index (χ2v) is 7.10. The molecular weight excluding hydrogens is 424 g/mol. The molecule has 1 atom stereocenters. The third kappa shape index (κ3) is 3.79. The molecule has 1 saturated heterocycles. The van der Waals surface area contributed by atoms with Crippen LogP contribution in [0.2, 0.25) is 0 Å². The minimum atomic E-state index is -0.688. The Balaban J connectivity index is 1.83. The van der Waals surface area contributed by atoms with E-state index < -0.39 is 12.1 Å². The number of hydrazone groups is 1. The lowest BCUT2D eigenvalue weighted by Crippen LogP contribution is -2.61. The zero-order chi connectivity index (χ0) is 20.3. The Bertz CT molecular complexity index is 935. The van der Waals surface area contributed by atoms with Crippen molar-refractivity contribution in [1.82, 2.24) is 15.2 Å². The highest BCUT2D eigenvalue weighted by molar-refractivity contribution is 9.12. The zero-order valence-corrected chi connectivity index (χ0v) is 17.1. The molecule has 0 aliphatic carbocycles. The number of carbonyl (C=O) groups excluding carboxylic acids is 2. The van der Waals surface area contributed by atoms with Gasteiger partial charge in [-0.05, 0) is 27.6 Å². The first-order valence-corrected chi connectivity index (χ1v) is 9.33. The second-order valence-electron chi connectivity index (χ2n) is 6.19. The van der Waals surface area contributed by atoms with Crippen LogP contribution in [0.25, 0.3) is 6.08 Å². The largest absolute Gasteiger partial charge is 0.414 e. The van der Waals surface area contributed by atoms with Crippen LogP contribution in [-0.2, 0) is 4.79 Å². The van der Waals surface area contributed by atoms with E-state index in [4.69, 9.17) is 0 Å². The summed E-state index contributed by atoms with van der Waals surface area (Å²) in [6.07, 6.45) is 5.18. The van der Waals surface area contributed by atoms with Gasteiger partial charge in [0.05, 0.1) is 12.8 Å². The van der Waals surface area contributed by atoms with Gasteiger partial charge in [0.15, 0.2) is 0 Å². The Hall–Kier alpha value is -3.07. The molecule has 28 heavy (non-hydrogen) atoms. The van der Waals surface area contributed by atoms with Gasteiger partial charge in [-0.15, -0.1) is 5.10 Å². The summed E-state index contributed by atoms with van der Waals surface area (Å²) in [6.45, 7) is 4.11. The Morgan fingerprint density at radius 3 is 2.71 bits per heavy atom. The highest BCUT2D eigenvalue weighted by atomic mass is 79.9. The minimum absolute atomic E-state index is 0.338. The molecule has 9 heteroatoms. The Morgan fingerprint density at radius 2 is 2.04 bits per heavy atom. The van der Waals surface area contributed by atoms with E-state index >= 15 is 0 Å². The number of guanidine groups is 1. The number of amides is 3. The number of hydrogen-bond donors (Lipinski definition) is 1. The Labute approximate surface area is 171 Å². The quantitative estimate of drug-likeness (QED) is 0.326. The molecule has 2 aliphatic heterocycles. The van der Waals surface area contributed by atoms with Crippen LogP contribution >= 0.6 is 15.9 Å². The first-order chi connectivity index (χ1) is 13.4. The van der Waals surface area contributed by atoms with Crippen molar-refractivity contribution < 1.29 is 14.2 Å². The third-order valence-corrected chi connectivity index (χ3v) is 4.75. The van der Waals surface area contributed by atoms with Crippen molar-refractivity contribution in [3.05, 3.63) is 53.0 Å². The average Bonchev–Trinajstić information content (AvgIpc) is 3.04. The van der Waals surface area contributed by atoms with Crippen molar-refractivity contribution in [2.45, 2.75) is 6.04 Å². The van der Waals surface area contributed by atoms with Gasteiger partial charge in [0.25, 0.3) is 5.91 Å². The van der Waals surface area contributed by atoms with E-state index in [0.29, 0.717) is 18.3 Å². The zero-order valence-electron chi connectivity index (χ0n) is 15.5. The first kappa shape index (κ1) is 19.7. The molecule has 2 aliphatic rings. The van der Waals surface area contributed by atoms with Crippen LogP contribution in [0.1, 0.15) is 5.56 Å². The third-order valence-electron chi connectivity index (χ3n) is 4.31. The van der Waals surface area contributed by atoms with Gasteiger partial charge in [-0.2, -0.15) is 5.43 Å². The first-order valence-electron chi connectivity index (χ1n) is 8.53. The molecule has 0 bridgehead atoms. The molecule has 0 saturated carbocycles. The summed E-state index contributed by atoms with van der Waals surface area (Å²) >= 11 is 3.45. The van der Waals surface area contributed by atoms with E-state index in [-0.39, 0.29) is 5.91 Å². The number of aliphatic imine (C=N–C) groups is 1. The van der Waals surface area contributed by atoms with Gasteiger partial charge in [-0.3, -0.25) is 14.6 Å². The van der Waals surface area contributed by atoms with Crippen LogP contribution in [0, 0.1) is 0 Å². The minimum Gasteiger partial charge on any atom is -0.270 e. The van der Waals surface area contributed by atoms with Gasteiger partial charge in [0, 0.05) is 18.6 Å². The summed E-state index contributed by atoms with van der Waals surface area (Å²) in [5.41, 5.74) is 3.89. The number of halogens is 1. The Kier molecular flexibility index (Phi) is 5.84. The summed E-state index contributed by atoms with van der Waals surface area (Å²) < 4.78 is 2.48. The van der Waals surface area contributed by atoms with E-state index in [1.54, 1.807) is 23.9 Å². The Morgan fingerprint density at radius 1 is 1.32 bits per heavy atom. The smallest absolute Gasteiger partial charge is 0.270 e. The lowest BCUT2D eigenvalue weighted by Gasteiger charge is -2.31. The number of benzene rings is 1. The van der Waals surface area contributed by atoms with Crippen molar-refractivity contribution in [2.75, 3.05) is 20.6 Å². The van der Waals surface area contributed by atoms with E-state index in [9.17, 15) is 9.59 Å². The predicted octanol–water partition coefficient (Wildman–Crippen LogP) is 1.86. The van der Waals surface area contributed by atoms with Crippen LogP contribution in [-0.4, -0.2) is 71.0 Å². The number of urea groups is 1. The van der Waals surface area contributed by atoms with Crippen molar-refractivity contribution in [3.63, 3.8) is 0 Å². The number of amidine groups is 1. The molecule has 0 radical (unpaired) electrons. The molecule has 1 fully saturated rings. The lowest BCUT2D eigenvalue weighted by molar-refractivity contribution is -0.527. The van der Waals surface area contributed by atoms with Gasteiger partial charge >= 0.3 is 12.0 Å². The number of allylic oxidation sites excluding steroid dienone is 1. The van der Waals surface area contributed by atoms with Crippen molar-refractivity contribution in [2.24, 2.45) is 10.1 Å². The summed E-state index contributed by atoms with van der Waals surface area (Å²) in [6, 6.07) is 8.70. The molecule has 8 nitrogen and oxygen atoms in total. The molecule has 0 aromatic heterocycles. The highest BCUT2D eigenvalue weighted by Gasteiger charge is 2.51. The standard InChI is InChI=1S/C19H19BrN6O2/c1-4-10-26-15-16(24(2)19(28)25(3)17(15)27)22-18(26)23-21-12-14(20)11-13-8-6-5-7-9-13/h4-9,11-12,15H,1,10H2,2-3H3/p+1/b14-11-,21-12-. The average molecular weight is 444 g/mol. The number of carbonyl (C=O) groups is 2. The van der Waals surface area contributed by atoms with Gasteiger partial charge < -0.3 is 0 Å². The monoisotopic (exact) mass is 443 g/mol. The summed E-state index contributed by atoms with van der Waals surface area (Å²) in [7, 11) is 3.05. The number of imide groups is 1. The molecule has 1 unspecified atom stereocenters. The van der Waals surface area contributed by atoms with Gasteiger partial charge in [-0.25, -0.2) is 9.37 Å². The maximum atomic E-state index is 12.6. The number of rotatable bonds is 5. The van der Waals surface area contributed by atoms with Crippen LogP contribution in [0.3, 0.4) is 0 Å². The van der Waals surface area contributed by atoms with E-state index in [2.05, 4.69) is 38.0 Å². The summed E-state index contributed by atoms with van der Waals surface area (Å²) in [5.74, 6) is 0.403. The SMILES string of the molecule is C=CC[N+]1=C(N/N=C\C(Br)=C\c2ccccc2)N=C2C1C(=O)N(C)C(=O)N2C. The second kappa shape index (κ2) is 8.30. The predicted molar refractivity (Wildman–Crippen MR) is 112 cm³/mol. The van der Waals surface area contributed by atoms with Gasteiger partial charge in [-0.1, -0.05) is 48.0 Å². The van der Waals surface area contributed by atoms with Crippen LogP contribution in [0.4, 0.5) is 4.79 Å². The molecule has 1 aromatic rings. The fourth-order valence-electron chi connectivity index (χ4n) is 2.92. The van der Waals surface area contributed by atoms with E-state index in [0.717, 1.165) is 14.9 Å². The number of hydrogen-bond acceptors (Lipinski definition) is 5. The number of fused-ring (bicyclic) bond motifs is 1. The normalized spacial score (nSPS) is 20.0. The maximum absolute atomic E-state index is 12.6. The fourth-order valence-corrected chi connectivity index (χ4v) is 3.28. The number of likely N-dealkylation sites (N-methyl/N-ethyl adjacent to an activating group) is 2. The van der Waals surface area contributed by atoms with Crippen molar-refractivity contribution in [1.29, 1.82) is 0 Å². The van der Waals surface area contributed by atoms with Gasteiger partial charge in [0.1, 0.15) is 0 Å². The van der Waals surface area contributed by atoms with Crippen LogP contribution in [0.15, 0.2) is 57.6 Å². The van der Waals surface area contributed by atoms with E-state index in [1.807, 2.05) is 36.4 Å². The molecule has 2 heterocycles. The molecule has 1 N–H and O–H groups in total. The number of nitrogens with zero attached hydrogens (tertiary/aromatic N) is 5. The van der Waals surface area contributed by atoms with Crippen LogP contribution in [0.5, 0.6) is 0 Å². The molecule has 3 rings (SSSR count). The molecule has 0 spiro atoms. The van der Waals surface area contributed by atoms with Crippen LogP contribution < -0.4 is 5.43 Å². The van der Waals surface area contributed by atoms with Crippen molar-refractivity contribution >= 4 is 52.0 Å². The molecule has 3 amide bonds. The maximum Gasteiger partial charge on any atom is 0.414 e. The molecular formula is C19H20BrN6O2+.